The molecule has 19 heavy (non-hydrogen) atoms. The minimum Gasteiger partial charge on any atom is -0.389 e. The van der Waals surface area contributed by atoms with Gasteiger partial charge in [0, 0.05) is 4.47 Å². The molecule has 1 aromatic heterocycles. The Morgan fingerprint density at radius 3 is 2.84 bits per heavy atom. The maximum atomic E-state index is 12.9. The summed E-state index contributed by atoms with van der Waals surface area (Å²) in [5.41, 5.74) is 6.20. The highest BCUT2D eigenvalue weighted by Gasteiger charge is 2.15. The fraction of sp³-hybridized carbons (Fsp3) is 0. The Morgan fingerprint density at radius 2 is 2.21 bits per heavy atom. The van der Waals surface area contributed by atoms with Crippen molar-refractivity contribution in [1.29, 1.82) is 0 Å². The third-order valence-corrected chi connectivity index (χ3v) is 3.20. The first-order chi connectivity index (χ1) is 8.99. The average Bonchev–Trinajstić information content (AvgIpc) is 2.76. The first-order valence-electron chi connectivity index (χ1n) is 5.08. The number of H-pyrrole nitrogens is 1. The molecule has 0 aliphatic heterocycles. The number of thiocarbonyl (C=S) groups is 1. The van der Waals surface area contributed by atoms with E-state index < -0.39 is 11.7 Å². The summed E-state index contributed by atoms with van der Waals surface area (Å²) in [6.45, 7) is 0. The van der Waals surface area contributed by atoms with Gasteiger partial charge in [-0.15, -0.1) is 0 Å². The van der Waals surface area contributed by atoms with Crippen LogP contribution in [0.2, 0.25) is 0 Å². The van der Waals surface area contributed by atoms with E-state index in [1.54, 1.807) is 0 Å². The molecule has 0 unspecified atom stereocenters. The monoisotopic (exact) mass is 342 g/mol. The zero-order valence-electron chi connectivity index (χ0n) is 9.41. The maximum Gasteiger partial charge on any atom is 0.257 e. The van der Waals surface area contributed by atoms with Gasteiger partial charge in [-0.25, -0.2) is 4.39 Å². The van der Waals surface area contributed by atoms with Crippen molar-refractivity contribution < 1.29 is 9.18 Å². The lowest BCUT2D eigenvalue weighted by Crippen LogP contribution is -2.17. The number of anilines is 1. The predicted octanol–water partition coefficient (Wildman–Crippen LogP) is 2.20. The van der Waals surface area contributed by atoms with Gasteiger partial charge >= 0.3 is 0 Å². The van der Waals surface area contributed by atoms with Crippen LogP contribution in [0, 0.1) is 5.82 Å². The molecule has 0 bridgehead atoms. The summed E-state index contributed by atoms with van der Waals surface area (Å²) in [6.07, 6.45) is 1.41. The molecule has 2 aromatic rings. The zero-order valence-corrected chi connectivity index (χ0v) is 11.8. The minimum atomic E-state index is -0.436. The number of halogens is 2. The number of hydrogen-bond donors (Lipinski definition) is 3. The molecule has 1 aromatic carbocycles. The molecule has 0 aliphatic carbocycles. The van der Waals surface area contributed by atoms with Crippen LogP contribution in [-0.2, 0) is 0 Å². The van der Waals surface area contributed by atoms with Gasteiger partial charge in [0.05, 0.1) is 17.3 Å². The van der Waals surface area contributed by atoms with E-state index in [0.717, 1.165) is 0 Å². The number of carbonyl (C=O) groups excluding carboxylic acids is 1. The molecule has 0 radical (unpaired) electrons. The van der Waals surface area contributed by atoms with Gasteiger partial charge in [0.2, 0.25) is 0 Å². The molecule has 0 saturated carbocycles. The Kier molecular flexibility index (Phi) is 3.91. The van der Waals surface area contributed by atoms with Gasteiger partial charge in [0.15, 0.2) is 0 Å². The number of aromatic amines is 1. The summed E-state index contributed by atoms with van der Waals surface area (Å²) in [4.78, 5) is 12.1. The zero-order chi connectivity index (χ0) is 14.0. The summed E-state index contributed by atoms with van der Waals surface area (Å²) in [5, 5.41) is 8.90. The van der Waals surface area contributed by atoms with Crippen molar-refractivity contribution in [1.82, 2.24) is 10.2 Å². The van der Waals surface area contributed by atoms with Crippen LogP contribution < -0.4 is 11.1 Å². The molecule has 1 heterocycles. The number of hydrogen-bond acceptors (Lipinski definition) is 3. The number of rotatable bonds is 3. The van der Waals surface area contributed by atoms with E-state index in [0.29, 0.717) is 15.9 Å². The van der Waals surface area contributed by atoms with Gasteiger partial charge in [-0.2, -0.15) is 5.10 Å². The third-order valence-electron chi connectivity index (χ3n) is 2.32. The summed E-state index contributed by atoms with van der Waals surface area (Å²) < 4.78 is 13.3. The highest BCUT2D eigenvalue weighted by atomic mass is 79.9. The normalized spacial score (nSPS) is 10.2. The van der Waals surface area contributed by atoms with Crippen LogP contribution in [0.5, 0.6) is 0 Å². The van der Waals surface area contributed by atoms with Crippen LogP contribution in [0.1, 0.15) is 15.9 Å². The SMILES string of the molecule is NC(=S)c1cn[nH]c1NC(=O)c1ccc(F)cc1Br. The van der Waals surface area contributed by atoms with Gasteiger partial charge in [0.25, 0.3) is 5.91 Å². The molecule has 1 amide bonds. The van der Waals surface area contributed by atoms with E-state index >= 15 is 0 Å². The largest absolute Gasteiger partial charge is 0.389 e. The number of benzene rings is 1. The third kappa shape index (κ3) is 2.96. The van der Waals surface area contributed by atoms with Crippen molar-refractivity contribution in [3.05, 3.63) is 45.8 Å². The van der Waals surface area contributed by atoms with Gasteiger partial charge in [-0.05, 0) is 34.1 Å². The molecule has 0 fully saturated rings. The summed E-state index contributed by atoms with van der Waals surface area (Å²) >= 11 is 7.95. The number of carbonyl (C=O) groups is 1. The Labute approximate surface area is 121 Å². The van der Waals surface area contributed by atoms with Gasteiger partial charge in [0.1, 0.15) is 16.6 Å². The van der Waals surface area contributed by atoms with Crippen LogP contribution in [0.4, 0.5) is 10.2 Å². The van der Waals surface area contributed by atoms with E-state index in [9.17, 15) is 9.18 Å². The van der Waals surface area contributed by atoms with Crippen molar-refractivity contribution >= 4 is 44.9 Å². The second-order valence-electron chi connectivity index (χ2n) is 3.60. The van der Waals surface area contributed by atoms with E-state index in [-0.39, 0.29) is 10.6 Å². The Balaban J connectivity index is 2.26. The molecule has 0 spiro atoms. The van der Waals surface area contributed by atoms with Crippen LogP contribution in [-0.4, -0.2) is 21.1 Å². The van der Waals surface area contributed by atoms with Gasteiger partial charge < -0.3 is 11.1 Å². The van der Waals surface area contributed by atoms with Crippen molar-refractivity contribution in [2.24, 2.45) is 5.73 Å². The van der Waals surface area contributed by atoms with E-state index in [4.69, 9.17) is 18.0 Å². The Bertz CT molecular complexity index is 658. The van der Waals surface area contributed by atoms with Gasteiger partial charge in [-0.3, -0.25) is 9.89 Å². The number of nitrogens with two attached hydrogens (primary N) is 1. The van der Waals surface area contributed by atoms with E-state index in [2.05, 4.69) is 31.4 Å². The summed E-state index contributed by atoms with van der Waals surface area (Å²) in [5.74, 6) is -0.573. The second kappa shape index (κ2) is 5.45. The lowest BCUT2D eigenvalue weighted by atomic mass is 10.2. The van der Waals surface area contributed by atoms with E-state index in [1.807, 2.05) is 0 Å². The lowest BCUT2D eigenvalue weighted by molar-refractivity contribution is 0.102. The molecule has 4 N–H and O–H groups in total. The van der Waals surface area contributed by atoms with Gasteiger partial charge in [-0.1, -0.05) is 12.2 Å². The second-order valence-corrected chi connectivity index (χ2v) is 4.90. The number of amides is 1. The molecule has 0 atom stereocenters. The van der Waals surface area contributed by atoms with Crippen LogP contribution in [0.25, 0.3) is 0 Å². The van der Waals surface area contributed by atoms with E-state index in [1.165, 1.54) is 24.4 Å². The standard InChI is InChI=1S/C11H8BrFN4OS/c12-8-3-5(13)1-2-6(8)11(18)16-10-7(9(14)19)4-15-17-10/h1-4H,(H2,14,19)(H2,15,16,17,18). The molecule has 0 saturated heterocycles. The fourth-order valence-electron chi connectivity index (χ4n) is 1.42. The first-order valence-corrected chi connectivity index (χ1v) is 6.28. The minimum absolute atomic E-state index is 0.113. The molecule has 98 valence electrons. The Morgan fingerprint density at radius 1 is 1.47 bits per heavy atom. The maximum absolute atomic E-state index is 12.9. The molecule has 5 nitrogen and oxygen atoms in total. The Hall–Kier alpha value is -1.80. The average molecular weight is 343 g/mol. The summed E-state index contributed by atoms with van der Waals surface area (Å²) in [7, 11) is 0. The van der Waals surface area contributed by atoms with Crippen molar-refractivity contribution in [2.75, 3.05) is 5.32 Å². The van der Waals surface area contributed by atoms with Crippen molar-refractivity contribution in [3.8, 4) is 0 Å². The van der Waals surface area contributed by atoms with Crippen LogP contribution in [0.15, 0.2) is 28.9 Å². The lowest BCUT2D eigenvalue weighted by Gasteiger charge is -2.06. The van der Waals surface area contributed by atoms with Crippen molar-refractivity contribution in [2.45, 2.75) is 0 Å². The number of aromatic nitrogens is 2. The smallest absolute Gasteiger partial charge is 0.257 e. The highest BCUT2D eigenvalue weighted by Crippen LogP contribution is 2.20. The molecule has 2 rings (SSSR count). The topological polar surface area (TPSA) is 83.8 Å². The molecular formula is C11H8BrFN4OS. The molecule has 8 heteroatoms. The molecular weight excluding hydrogens is 335 g/mol. The predicted molar refractivity (Wildman–Crippen MR) is 76.5 cm³/mol. The van der Waals surface area contributed by atoms with Crippen LogP contribution in [0.3, 0.4) is 0 Å². The van der Waals surface area contributed by atoms with Crippen molar-refractivity contribution in [3.63, 3.8) is 0 Å². The van der Waals surface area contributed by atoms with Crippen LogP contribution >= 0.6 is 28.1 Å². The fourth-order valence-corrected chi connectivity index (χ4v) is 2.11. The molecule has 0 aliphatic rings. The number of nitrogens with one attached hydrogen (secondary N) is 2. The quantitative estimate of drug-likeness (QED) is 0.746. The number of nitrogens with zero attached hydrogens (tertiary/aromatic N) is 1. The summed E-state index contributed by atoms with van der Waals surface area (Å²) in [6, 6.07) is 3.77. The first kappa shape index (κ1) is 13.6. The highest BCUT2D eigenvalue weighted by molar-refractivity contribution is 9.10.